The molecule has 0 spiro atoms. The molecule has 1 nitrogen and oxygen atoms in total. The predicted octanol–water partition coefficient (Wildman–Crippen LogP) is 1.46. The molecule has 0 unspecified atom stereocenters. The van der Waals surface area contributed by atoms with Gasteiger partial charge in [0.15, 0.2) is 0 Å². The van der Waals surface area contributed by atoms with Gasteiger partial charge in [0.25, 0.3) is 0 Å². The van der Waals surface area contributed by atoms with Gasteiger partial charge in [-0.05, 0) is 0 Å². The van der Waals surface area contributed by atoms with Crippen molar-refractivity contribution in [3.8, 4) is 6.07 Å². The van der Waals surface area contributed by atoms with E-state index in [0.29, 0.717) is 9.28 Å². The Morgan fingerprint density at radius 1 is 2.00 bits per heavy atom. The summed E-state index contributed by atoms with van der Waals surface area (Å²) >= 11 is 9.58. The average molecular weight is 149 g/mol. The summed E-state index contributed by atoms with van der Waals surface area (Å²) in [6, 6.07) is 1.93. The number of hydrogen-bond acceptors (Lipinski definition) is 3. The molecule has 0 aliphatic carbocycles. The maximum atomic E-state index is 7.95. The van der Waals surface area contributed by atoms with Crippen LogP contribution in [0.25, 0.3) is 0 Å². The molecule has 0 aliphatic rings. The second-order valence-electron chi connectivity index (χ2n) is 0.713. The fraction of sp³-hybridized carbons (Fsp3) is 0.333. The summed E-state index contributed by atoms with van der Waals surface area (Å²) in [6.45, 7) is 0. The van der Waals surface area contributed by atoms with Gasteiger partial charge < -0.3 is 0 Å². The van der Waals surface area contributed by atoms with Gasteiger partial charge in [-0.15, -0.1) is 12.6 Å². The van der Waals surface area contributed by atoms with Crippen LogP contribution in [0.15, 0.2) is 0 Å². The molecule has 0 fully saturated rings. The molecule has 7 heavy (non-hydrogen) atoms. The van der Waals surface area contributed by atoms with E-state index in [1.54, 1.807) is 0 Å². The van der Waals surface area contributed by atoms with Crippen LogP contribution in [-0.2, 0) is 0 Å². The van der Waals surface area contributed by atoms with E-state index in [0.717, 1.165) is 0 Å². The standard InChI is InChI=1S/C3H3NS3/c4-1-2-7-3(5)6/h2H2,(H,5,6). The molecule has 0 atom stereocenters. The Morgan fingerprint density at radius 2 is 2.57 bits per heavy atom. The first-order valence-corrected chi connectivity index (χ1v) is 3.34. The number of thiocarbonyl (C=S) groups is 1. The van der Waals surface area contributed by atoms with Crippen LogP contribution in [0.3, 0.4) is 0 Å². The average Bonchev–Trinajstić information content (AvgIpc) is 1.61. The van der Waals surface area contributed by atoms with Gasteiger partial charge in [0.1, 0.15) is 3.53 Å². The molecule has 0 radical (unpaired) electrons. The van der Waals surface area contributed by atoms with Crippen LogP contribution in [0.5, 0.6) is 0 Å². The Kier molecular flexibility index (Phi) is 4.62. The van der Waals surface area contributed by atoms with E-state index in [4.69, 9.17) is 5.26 Å². The lowest BCUT2D eigenvalue weighted by atomic mass is 10.9. The van der Waals surface area contributed by atoms with Crippen LogP contribution in [0.1, 0.15) is 0 Å². The Hall–Kier alpha value is 0.280. The van der Waals surface area contributed by atoms with Crippen LogP contribution in [0.4, 0.5) is 0 Å². The second kappa shape index (κ2) is 4.44. The van der Waals surface area contributed by atoms with Crippen molar-refractivity contribution in [3.05, 3.63) is 0 Å². The topological polar surface area (TPSA) is 23.8 Å². The van der Waals surface area contributed by atoms with Crippen LogP contribution < -0.4 is 0 Å². The van der Waals surface area contributed by atoms with Crippen molar-refractivity contribution in [2.45, 2.75) is 0 Å². The first-order valence-electron chi connectivity index (χ1n) is 1.50. The predicted molar refractivity (Wildman–Crippen MR) is 39.7 cm³/mol. The zero-order valence-corrected chi connectivity index (χ0v) is 5.95. The molecule has 0 N–H and O–H groups in total. The van der Waals surface area contributed by atoms with E-state index >= 15 is 0 Å². The summed E-state index contributed by atoms with van der Waals surface area (Å²) in [6.07, 6.45) is 0. The molecule has 0 aliphatic heterocycles. The van der Waals surface area contributed by atoms with Crippen molar-refractivity contribution >= 4 is 40.1 Å². The number of rotatable bonds is 1. The number of hydrogen-bond donors (Lipinski definition) is 1. The summed E-state index contributed by atoms with van der Waals surface area (Å²) in [4.78, 5) is 0. The minimum Gasteiger partial charge on any atom is -0.197 e. The zero-order valence-electron chi connectivity index (χ0n) is 3.42. The van der Waals surface area contributed by atoms with Gasteiger partial charge in [-0.25, -0.2) is 0 Å². The minimum absolute atomic E-state index is 0.405. The molecule has 38 valence electrons. The summed E-state index contributed by atoms with van der Waals surface area (Å²) in [5.41, 5.74) is 0. The highest BCUT2D eigenvalue weighted by Gasteiger charge is 1.84. The number of nitrogens with zero attached hydrogens (tertiary/aromatic N) is 1. The fourth-order valence-electron chi connectivity index (χ4n) is 0.0940. The quantitative estimate of drug-likeness (QED) is 0.451. The number of thiol groups is 1. The van der Waals surface area contributed by atoms with Crippen LogP contribution in [-0.4, -0.2) is 9.28 Å². The van der Waals surface area contributed by atoms with Gasteiger partial charge in [-0.3, -0.25) is 0 Å². The third-order valence-corrected chi connectivity index (χ3v) is 1.52. The van der Waals surface area contributed by atoms with Crippen molar-refractivity contribution in [1.82, 2.24) is 0 Å². The Balaban J connectivity index is 3.02. The smallest absolute Gasteiger partial charge is 0.102 e. The number of nitriles is 1. The lowest BCUT2D eigenvalue weighted by Gasteiger charge is -1.82. The largest absolute Gasteiger partial charge is 0.197 e. The number of thioether (sulfide) groups is 1. The van der Waals surface area contributed by atoms with Gasteiger partial charge in [0.05, 0.1) is 11.8 Å². The molecule has 0 aromatic rings. The second-order valence-corrected chi connectivity index (χ2v) is 3.42. The van der Waals surface area contributed by atoms with E-state index in [9.17, 15) is 0 Å². The zero-order chi connectivity index (χ0) is 5.70. The third kappa shape index (κ3) is 6.28. The molecule has 4 heteroatoms. The molecule has 0 heterocycles. The van der Waals surface area contributed by atoms with Crippen LogP contribution >= 0.6 is 36.6 Å². The van der Waals surface area contributed by atoms with Gasteiger partial charge in [0.2, 0.25) is 0 Å². The highest BCUT2D eigenvalue weighted by Crippen LogP contribution is 2.04. The third-order valence-electron chi connectivity index (χ3n) is 0.260. The first kappa shape index (κ1) is 7.28. The normalized spacial score (nSPS) is 7.43. The molecule has 0 saturated carbocycles. The van der Waals surface area contributed by atoms with Crippen molar-refractivity contribution in [3.63, 3.8) is 0 Å². The highest BCUT2D eigenvalue weighted by molar-refractivity contribution is 8.41. The van der Waals surface area contributed by atoms with Crippen molar-refractivity contribution in [2.24, 2.45) is 0 Å². The SMILES string of the molecule is N#CCSC(=S)S. The monoisotopic (exact) mass is 149 g/mol. The summed E-state index contributed by atoms with van der Waals surface area (Å²) < 4.78 is 0.529. The molecule has 0 aromatic heterocycles. The molecule has 0 saturated heterocycles. The lowest BCUT2D eigenvalue weighted by molar-refractivity contribution is 1.50. The molecule has 0 amide bonds. The van der Waals surface area contributed by atoms with Gasteiger partial charge >= 0.3 is 0 Å². The first-order chi connectivity index (χ1) is 3.27. The van der Waals surface area contributed by atoms with E-state index in [2.05, 4.69) is 24.8 Å². The van der Waals surface area contributed by atoms with Gasteiger partial charge in [0, 0.05) is 0 Å². The Labute approximate surface area is 57.5 Å². The summed E-state index contributed by atoms with van der Waals surface area (Å²) in [5.74, 6) is 0.405. The molecule has 0 bridgehead atoms. The minimum atomic E-state index is 0.405. The van der Waals surface area contributed by atoms with E-state index in [1.165, 1.54) is 11.8 Å². The maximum absolute atomic E-state index is 7.95. The molecule has 0 aromatic carbocycles. The van der Waals surface area contributed by atoms with Gasteiger partial charge in [-0.1, -0.05) is 24.0 Å². The summed E-state index contributed by atoms with van der Waals surface area (Å²) in [5, 5.41) is 7.95. The Bertz CT molecular complexity index is 103. The maximum Gasteiger partial charge on any atom is 0.102 e. The fourth-order valence-corrected chi connectivity index (χ4v) is 0.652. The van der Waals surface area contributed by atoms with Crippen molar-refractivity contribution in [2.75, 3.05) is 5.75 Å². The molecule has 0 rings (SSSR count). The van der Waals surface area contributed by atoms with Crippen LogP contribution in [0, 0.1) is 11.3 Å². The van der Waals surface area contributed by atoms with Crippen LogP contribution in [0.2, 0.25) is 0 Å². The van der Waals surface area contributed by atoms with Crippen molar-refractivity contribution in [1.29, 1.82) is 5.26 Å². The lowest BCUT2D eigenvalue weighted by Crippen LogP contribution is -1.72. The van der Waals surface area contributed by atoms with E-state index in [-0.39, 0.29) is 0 Å². The van der Waals surface area contributed by atoms with E-state index < -0.39 is 0 Å². The Morgan fingerprint density at radius 3 is 2.71 bits per heavy atom. The van der Waals surface area contributed by atoms with Crippen molar-refractivity contribution < 1.29 is 0 Å². The molecular formula is C3H3NS3. The highest BCUT2D eigenvalue weighted by atomic mass is 32.2. The van der Waals surface area contributed by atoms with E-state index in [1.807, 2.05) is 6.07 Å². The molecular weight excluding hydrogens is 146 g/mol. The van der Waals surface area contributed by atoms with Gasteiger partial charge in [-0.2, -0.15) is 5.26 Å². The summed E-state index contributed by atoms with van der Waals surface area (Å²) in [7, 11) is 0.